The smallest absolute Gasteiger partial charge is 0.128 e. The summed E-state index contributed by atoms with van der Waals surface area (Å²) in [5.41, 5.74) is 2.34. The Bertz CT molecular complexity index is 715. The minimum atomic E-state index is -0.250. The lowest BCUT2D eigenvalue weighted by molar-refractivity contribution is 0.295. The fourth-order valence-corrected chi connectivity index (χ4v) is 2.45. The number of fused-ring (bicyclic) bond motifs is 1. The number of ether oxygens (including phenoxy) is 1. The van der Waals surface area contributed by atoms with Gasteiger partial charge >= 0.3 is 0 Å². The lowest BCUT2D eigenvalue weighted by Gasteiger charge is -2.09. The second-order valence-corrected chi connectivity index (χ2v) is 4.68. The van der Waals surface area contributed by atoms with Crippen LogP contribution in [0, 0.1) is 5.82 Å². The molecule has 1 heterocycles. The Balaban J connectivity index is 1.85. The molecule has 0 unspecified atom stereocenters. The molecule has 3 heteroatoms. The van der Waals surface area contributed by atoms with E-state index < -0.39 is 0 Å². The number of hydrogen-bond acceptors (Lipinski definition) is 1. The summed E-state index contributed by atoms with van der Waals surface area (Å²) >= 11 is 0. The van der Waals surface area contributed by atoms with Crippen LogP contribution in [0.5, 0.6) is 5.75 Å². The Hall–Kier alpha value is -2.29. The van der Waals surface area contributed by atoms with E-state index in [4.69, 9.17) is 4.74 Å². The summed E-state index contributed by atoms with van der Waals surface area (Å²) in [7, 11) is 0. The summed E-state index contributed by atoms with van der Waals surface area (Å²) < 4.78 is 20.8. The molecule has 0 amide bonds. The zero-order chi connectivity index (χ0) is 13.9. The average Bonchev–Trinajstić information content (AvgIpc) is 2.84. The molecule has 102 valence electrons. The van der Waals surface area contributed by atoms with E-state index in [0.29, 0.717) is 12.4 Å². The van der Waals surface area contributed by atoms with Gasteiger partial charge in [0.05, 0.1) is 5.69 Å². The van der Waals surface area contributed by atoms with Gasteiger partial charge in [0.1, 0.15) is 18.2 Å². The Morgan fingerprint density at radius 3 is 2.55 bits per heavy atom. The van der Waals surface area contributed by atoms with Crippen molar-refractivity contribution in [2.45, 2.75) is 20.1 Å². The zero-order valence-corrected chi connectivity index (χ0v) is 11.3. The molecule has 0 aliphatic rings. The van der Waals surface area contributed by atoms with Crippen LogP contribution in [0.1, 0.15) is 12.6 Å². The predicted molar refractivity (Wildman–Crippen MR) is 78.3 cm³/mol. The van der Waals surface area contributed by atoms with Gasteiger partial charge in [0, 0.05) is 12.1 Å². The summed E-state index contributed by atoms with van der Waals surface area (Å²) in [6.07, 6.45) is 0. The number of aromatic nitrogens is 1. The summed E-state index contributed by atoms with van der Waals surface area (Å²) in [4.78, 5) is 0. The number of para-hydroxylation sites is 1. The second kappa shape index (κ2) is 5.37. The van der Waals surface area contributed by atoms with Crippen LogP contribution < -0.4 is 4.74 Å². The van der Waals surface area contributed by atoms with E-state index in [2.05, 4.69) is 29.7 Å². The van der Waals surface area contributed by atoms with Crippen LogP contribution in [0.25, 0.3) is 10.9 Å². The highest BCUT2D eigenvalue weighted by Gasteiger charge is 2.07. The molecule has 0 saturated carbocycles. The minimum absolute atomic E-state index is 0.250. The first-order chi connectivity index (χ1) is 9.78. The van der Waals surface area contributed by atoms with Gasteiger partial charge in [-0.05, 0) is 48.7 Å². The third-order valence-corrected chi connectivity index (χ3v) is 3.41. The normalized spacial score (nSPS) is 10.9. The molecule has 0 bridgehead atoms. The Kier molecular flexibility index (Phi) is 3.42. The SMILES string of the molecule is CCn1c(COc2ccc(F)cc2)cc2ccccc21. The van der Waals surface area contributed by atoms with Crippen LogP contribution >= 0.6 is 0 Å². The van der Waals surface area contributed by atoms with E-state index in [9.17, 15) is 4.39 Å². The van der Waals surface area contributed by atoms with E-state index in [1.165, 1.54) is 23.0 Å². The van der Waals surface area contributed by atoms with Gasteiger partial charge in [-0.15, -0.1) is 0 Å². The highest BCUT2D eigenvalue weighted by atomic mass is 19.1. The Labute approximate surface area is 117 Å². The van der Waals surface area contributed by atoms with Crippen molar-refractivity contribution in [2.75, 3.05) is 0 Å². The molecular weight excluding hydrogens is 253 g/mol. The maximum absolute atomic E-state index is 12.8. The van der Waals surface area contributed by atoms with Gasteiger partial charge in [0.25, 0.3) is 0 Å². The standard InChI is InChI=1S/C17H16FNO/c1-2-19-15(11-13-5-3-4-6-17(13)19)12-20-16-9-7-14(18)8-10-16/h3-11H,2,12H2,1H3. The van der Waals surface area contributed by atoms with Crippen LogP contribution in [0.15, 0.2) is 54.6 Å². The largest absolute Gasteiger partial charge is 0.487 e. The number of aryl methyl sites for hydroxylation is 1. The van der Waals surface area contributed by atoms with Crippen molar-refractivity contribution in [1.29, 1.82) is 0 Å². The fraction of sp³-hybridized carbons (Fsp3) is 0.176. The Morgan fingerprint density at radius 2 is 1.80 bits per heavy atom. The lowest BCUT2D eigenvalue weighted by atomic mass is 10.2. The van der Waals surface area contributed by atoms with Crippen molar-refractivity contribution < 1.29 is 9.13 Å². The molecule has 3 aromatic rings. The summed E-state index contributed by atoms with van der Waals surface area (Å²) in [6, 6.07) is 16.5. The van der Waals surface area contributed by atoms with Crippen molar-refractivity contribution in [2.24, 2.45) is 0 Å². The van der Waals surface area contributed by atoms with Crippen molar-refractivity contribution in [3.8, 4) is 5.75 Å². The van der Waals surface area contributed by atoms with Gasteiger partial charge in [-0.25, -0.2) is 4.39 Å². The molecule has 0 radical (unpaired) electrons. The van der Waals surface area contributed by atoms with E-state index in [-0.39, 0.29) is 5.82 Å². The number of rotatable bonds is 4. The first kappa shape index (κ1) is 12.7. The summed E-state index contributed by atoms with van der Waals surface area (Å²) in [5, 5.41) is 1.21. The molecule has 20 heavy (non-hydrogen) atoms. The molecule has 0 fully saturated rings. The van der Waals surface area contributed by atoms with Gasteiger partial charge in [0.2, 0.25) is 0 Å². The van der Waals surface area contributed by atoms with Gasteiger partial charge in [-0.2, -0.15) is 0 Å². The molecule has 3 rings (SSSR count). The average molecular weight is 269 g/mol. The van der Waals surface area contributed by atoms with Gasteiger partial charge in [-0.1, -0.05) is 18.2 Å². The zero-order valence-electron chi connectivity index (χ0n) is 11.3. The molecule has 0 spiro atoms. The highest BCUT2D eigenvalue weighted by molar-refractivity contribution is 5.81. The lowest BCUT2D eigenvalue weighted by Crippen LogP contribution is -2.04. The molecule has 0 atom stereocenters. The maximum Gasteiger partial charge on any atom is 0.128 e. The van der Waals surface area contributed by atoms with Crippen molar-refractivity contribution in [1.82, 2.24) is 4.57 Å². The second-order valence-electron chi connectivity index (χ2n) is 4.68. The molecule has 2 nitrogen and oxygen atoms in total. The molecular formula is C17H16FNO. The maximum atomic E-state index is 12.8. The predicted octanol–water partition coefficient (Wildman–Crippen LogP) is 4.38. The molecule has 0 saturated heterocycles. The minimum Gasteiger partial charge on any atom is -0.487 e. The first-order valence-corrected chi connectivity index (χ1v) is 6.73. The molecule has 2 aromatic carbocycles. The number of hydrogen-bond donors (Lipinski definition) is 0. The van der Waals surface area contributed by atoms with E-state index in [1.54, 1.807) is 12.1 Å². The number of halogens is 1. The molecule has 1 aromatic heterocycles. The first-order valence-electron chi connectivity index (χ1n) is 6.73. The van der Waals surface area contributed by atoms with Crippen molar-refractivity contribution in [3.63, 3.8) is 0 Å². The number of benzene rings is 2. The van der Waals surface area contributed by atoms with Crippen LogP contribution in [-0.4, -0.2) is 4.57 Å². The molecule has 0 aliphatic heterocycles. The number of nitrogens with zero attached hydrogens (tertiary/aromatic N) is 1. The topological polar surface area (TPSA) is 14.2 Å². The van der Waals surface area contributed by atoms with E-state index in [0.717, 1.165) is 12.2 Å². The van der Waals surface area contributed by atoms with Crippen molar-refractivity contribution >= 4 is 10.9 Å². The summed E-state index contributed by atoms with van der Waals surface area (Å²) in [5.74, 6) is 0.430. The van der Waals surface area contributed by atoms with Gasteiger partial charge in [-0.3, -0.25) is 0 Å². The van der Waals surface area contributed by atoms with Gasteiger partial charge in [0.15, 0.2) is 0 Å². The van der Waals surface area contributed by atoms with Crippen LogP contribution in [0.2, 0.25) is 0 Å². The van der Waals surface area contributed by atoms with Crippen LogP contribution in [-0.2, 0) is 13.2 Å². The third kappa shape index (κ3) is 2.39. The van der Waals surface area contributed by atoms with Crippen molar-refractivity contribution in [3.05, 3.63) is 66.1 Å². The Morgan fingerprint density at radius 1 is 1.05 bits per heavy atom. The highest BCUT2D eigenvalue weighted by Crippen LogP contribution is 2.21. The summed E-state index contributed by atoms with van der Waals surface area (Å²) in [6.45, 7) is 3.50. The molecule has 0 N–H and O–H groups in total. The fourth-order valence-electron chi connectivity index (χ4n) is 2.45. The molecule has 0 aliphatic carbocycles. The van der Waals surface area contributed by atoms with E-state index >= 15 is 0 Å². The quantitative estimate of drug-likeness (QED) is 0.685. The van der Waals surface area contributed by atoms with Crippen LogP contribution in [0.4, 0.5) is 4.39 Å². The van der Waals surface area contributed by atoms with Crippen LogP contribution in [0.3, 0.4) is 0 Å². The monoisotopic (exact) mass is 269 g/mol. The van der Waals surface area contributed by atoms with E-state index in [1.807, 2.05) is 12.1 Å². The van der Waals surface area contributed by atoms with Gasteiger partial charge < -0.3 is 9.30 Å². The third-order valence-electron chi connectivity index (χ3n) is 3.41.